The molecule has 0 atom stereocenters. The topological polar surface area (TPSA) is 80.9 Å². The third-order valence-corrected chi connectivity index (χ3v) is 4.63. The number of rotatable bonds is 2. The molecule has 0 fully saturated rings. The Hall–Kier alpha value is -1.29. The molecule has 0 aliphatic rings. The second kappa shape index (κ2) is 6.93. The van der Waals surface area contributed by atoms with Crippen LogP contribution in [0.25, 0.3) is 0 Å². The number of hydrogen-bond donors (Lipinski definition) is 4. The van der Waals surface area contributed by atoms with Crippen molar-refractivity contribution in [1.29, 1.82) is 0 Å². The molecule has 0 spiro atoms. The average molecular weight is 308 g/mol. The van der Waals surface area contributed by atoms with Gasteiger partial charge in [-0.15, -0.1) is 0 Å². The van der Waals surface area contributed by atoms with Crippen LogP contribution in [-0.2, 0) is 0 Å². The van der Waals surface area contributed by atoms with Gasteiger partial charge in [0.15, 0.2) is 0 Å². The first-order valence-corrected chi connectivity index (χ1v) is 11.0. The highest BCUT2D eigenvalue weighted by molar-refractivity contribution is 6.90. The number of hydrogen-bond acceptors (Lipinski definition) is 4. The van der Waals surface area contributed by atoms with Gasteiger partial charge in [-0.1, -0.05) is 60.7 Å². The first kappa shape index (κ1) is 16.8. The second-order valence-electron chi connectivity index (χ2n) is 4.90. The summed E-state index contributed by atoms with van der Waals surface area (Å²) in [5.41, 5.74) is 0. The highest BCUT2D eigenvalue weighted by atomic mass is 28.4. The van der Waals surface area contributed by atoms with Crippen LogP contribution in [0.15, 0.2) is 60.7 Å². The Bertz CT molecular complexity index is 462. The van der Waals surface area contributed by atoms with E-state index in [1.807, 2.05) is 36.4 Å². The lowest BCUT2D eigenvalue weighted by atomic mass is 10.4. The van der Waals surface area contributed by atoms with Gasteiger partial charge in [0.1, 0.15) is 0 Å². The van der Waals surface area contributed by atoms with Crippen molar-refractivity contribution in [3.8, 4) is 0 Å². The molecule has 4 N–H and O–H groups in total. The minimum Gasteiger partial charge on any atom is -0.411 e. The third-order valence-electron chi connectivity index (χ3n) is 2.35. The molecule has 4 nitrogen and oxygen atoms in total. The van der Waals surface area contributed by atoms with Crippen LogP contribution in [0.1, 0.15) is 0 Å². The van der Waals surface area contributed by atoms with Gasteiger partial charge in [-0.05, 0) is 23.5 Å². The van der Waals surface area contributed by atoms with Crippen LogP contribution >= 0.6 is 0 Å². The van der Waals surface area contributed by atoms with Gasteiger partial charge in [0.05, 0.1) is 0 Å². The molecule has 0 unspecified atom stereocenters. The molecule has 0 saturated carbocycles. The third kappa shape index (κ3) is 5.78. The Labute approximate surface area is 121 Å². The molecule has 0 heterocycles. The van der Waals surface area contributed by atoms with E-state index in [0.717, 1.165) is 0 Å². The summed E-state index contributed by atoms with van der Waals surface area (Å²) in [5.74, 6) is 0. The van der Waals surface area contributed by atoms with Crippen LogP contribution in [0.4, 0.5) is 0 Å². The molecule has 2 rings (SSSR count). The molecule has 0 aliphatic carbocycles. The Balaban J connectivity index is 0.000000347. The lowest BCUT2D eigenvalue weighted by Gasteiger charge is -2.18. The van der Waals surface area contributed by atoms with Crippen LogP contribution in [-0.4, -0.2) is 36.3 Å². The molecular weight excluding hydrogens is 288 g/mol. The summed E-state index contributed by atoms with van der Waals surface area (Å²) in [6.45, 7) is 2.88. The van der Waals surface area contributed by atoms with Crippen molar-refractivity contribution >= 4 is 27.5 Å². The van der Waals surface area contributed by atoms with Gasteiger partial charge in [0.2, 0.25) is 0 Å². The normalized spacial score (nSPS) is 11.5. The van der Waals surface area contributed by atoms with Crippen molar-refractivity contribution in [1.82, 2.24) is 0 Å². The SMILES string of the molecule is C[Si](C)(O)O.O[Si](O)(c1ccccc1)c1ccccc1. The molecule has 20 heavy (non-hydrogen) atoms. The van der Waals surface area contributed by atoms with Gasteiger partial charge in [0.25, 0.3) is 0 Å². The van der Waals surface area contributed by atoms with E-state index < -0.39 is 17.1 Å². The maximum atomic E-state index is 10.2. The molecular formula is C14H20O4Si2. The smallest absolute Gasteiger partial charge is 0.401 e. The van der Waals surface area contributed by atoms with Crippen molar-refractivity contribution in [3.63, 3.8) is 0 Å². The summed E-state index contributed by atoms with van der Waals surface area (Å²) in [6, 6.07) is 18.0. The predicted molar refractivity (Wildman–Crippen MR) is 84.3 cm³/mol. The first-order chi connectivity index (χ1) is 9.21. The maximum absolute atomic E-state index is 10.2. The molecule has 6 heteroatoms. The zero-order chi connectivity index (χ0) is 15.2. The first-order valence-electron chi connectivity index (χ1n) is 6.22. The highest BCUT2D eigenvalue weighted by Crippen LogP contribution is 1.97. The molecule has 2 aromatic rings. The summed E-state index contributed by atoms with van der Waals surface area (Å²) in [4.78, 5) is 36.7. The fraction of sp³-hybridized carbons (Fsp3) is 0.143. The van der Waals surface area contributed by atoms with Crippen molar-refractivity contribution < 1.29 is 19.2 Å². The standard InChI is InChI=1S/C12H12O2Si.C2H8O2Si/c13-15(14,11-7-3-1-4-8-11)12-9-5-2-6-10-12;1-5(2,3)4/h1-10,13-14H;3-4H,1-2H3. The Morgan fingerprint density at radius 3 is 1.10 bits per heavy atom. The summed E-state index contributed by atoms with van der Waals surface area (Å²) < 4.78 is 0. The Morgan fingerprint density at radius 1 is 0.600 bits per heavy atom. The van der Waals surface area contributed by atoms with Crippen LogP contribution < -0.4 is 10.4 Å². The molecule has 0 amide bonds. The van der Waals surface area contributed by atoms with Gasteiger partial charge in [-0.3, -0.25) is 0 Å². The van der Waals surface area contributed by atoms with E-state index in [1.165, 1.54) is 13.1 Å². The summed E-state index contributed by atoms with van der Waals surface area (Å²) in [5, 5.41) is 1.22. The van der Waals surface area contributed by atoms with Gasteiger partial charge < -0.3 is 19.2 Å². The predicted octanol–water partition coefficient (Wildman–Crippen LogP) is -0.0996. The molecule has 0 aliphatic heterocycles. The number of benzene rings is 2. The van der Waals surface area contributed by atoms with Crippen molar-refractivity contribution in [3.05, 3.63) is 60.7 Å². The fourth-order valence-corrected chi connectivity index (χ4v) is 3.16. The average Bonchev–Trinajstić information content (AvgIpc) is 2.39. The van der Waals surface area contributed by atoms with Crippen LogP contribution in [0.5, 0.6) is 0 Å². The van der Waals surface area contributed by atoms with Crippen LogP contribution in [0.2, 0.25) is 13.1 Å². The molecule has 108 valence electrons. The van der Waals surface area contributed by atoms with Gasteiger partial charge in [-0.25, -0.2) is 0 Å². The molecule has 0 bridgehead atoms. The van der Waals surface area contributed by atoms with Gasteiger partial charge in [-0.2, -0.15) is 0 Å². The van der Waals surface area contributed by atoms with E-state index in [2.05, 4.69) is 0 Å². The van der Waals surface area contributed by atoms with E-state index in [9.17, 15) is 9.59 Å². The van der Waals surface area contributed by atoms with Crippen molar-refractivity contribution in [2.24, 2.45) is 0 Å². The largest absolute Gasteiger partial charge is 0.411 e. The fourth-order valence-electron chi connectivity index (χ4n) is 1.51. The Kier molecular flexibility index (Phi) is 5.81. The zero-order valence-corrected chi connectivity index (χ0v) is 13.6. The van der Waals surface area contributed by atoms with Crippen molar-refractivity contribution in [2.45, 2.75) is 13.1 Å². The van der Waals surface area contributed by atoms with Gasteiger partial charge in [0, 0.05) is 0 Å². The van der Waals surface area contributed by atoms with E-state index >= 15 is 0 Å². The monoisotopic (exact) mass is 308 g/mol. The van der Waals surface area contributed by atoms with E-state index in [1.54, 1.807) is 24.3 Å². The van der Waals surface area contributed by atoms with Crippen molar-refractivity contribution in [2.75, 3.05) is 0 Å². The van der Waals surface area contributed by atoms with E-state index in [4.69, 9.17) is 9.59 Å². The summed E-state index contributed by atoms with van der Waals surface area (Å²) >= 11 is 0. The second-order valence-corrected chi connectivity index (χ2v) is 10.4. The molecule has 0 radical (unpaired) electrons. The van der Waals surface area contributed by atoms with Crippen LogP contribution in [0, 0.1) is 0 Å². The quantitative estimate of drug-likeness (QED) is 0.584. The Morgan fingerprint density at radius 2 is 0.850 bits per heavy atom. The van der Waals surface area contributed by atoms with E-state index in [0.29, 0.717) is 10.4 Å². The summed E-state index contributed by atoms with van der Waals surface area (Å²) in [6.07, 6.45) is 0. The molecule has 2 aromatic carbocycles. The zero-order valence-electron chi connectivity index (χ0n) is 11.6. The lowest BCUT2D eigenvalue weighted by molar-refractivity contribution is 0.382. The van der Waals surface area contributed by atoms with Crippen LogP contribution in [0.3, 0.4) is 0 Å². The minimum atomic E-state index is -3.46. The molecule has 0 aromatic heterocycles. The molecule has 0 saturated heterocycles. The lowest BCUT2D eigenvalue weighted by Crippen LogP contribution is -2.59. The van der Waals surface area contributed by atoms with E-state index in [-0.39, 0.29) is 0 Å². The summed E-state index contributed by atoms with van der Waals surface area (Å²) in [7, 11) is -6.07. The van der Waals surface area contributed by atoms with Gasteiger partial charge >= 0.3 is 17.1 Å². The maximum Gasteiger partial charge on any atom is 0.401 e. The minimum absolute atomic E-state index is 0.608. The highest BCUT2D eigenvalue weighted by Gasteiger charge is 2.33.